The molecule has 0 N–H and O–H groups in total. The van der Waals surface area contributed by atoms with Crippen molar-refractivity contribution in [2.75, 3.05) is 13.1 Å². The van der Waals surface area contributed by atoms with E-state index in [1.165, 1.54) is 5.56 Å². The van der Waals surface area contributed by atoms with E-state index < -0.39 is 0 Å². The number of carbonyl (C=O) groups is 1. The number of hydrogen-bond donors (Lipinski definition) is 0. The Hall–Kier alpha value is -0.830. The Kier molecular flexibility index (Phi) is 4.34. The highest BCUT2D eigenvalue weighted by atomic mass is 79.9. The van der Waals surface area contributed by atoms with Gasteiger partial charge < -0.3 is 4.90 Å². The summed E-state index contributed by atoms with van der Waals surface area (Å²) in [5, 5.41) is 0. The number of nitrogens with zero attached hydrogens (tertiary/aromatic N) is 1. The van der Waals surface area contributed by atoms with Crippen LogP contribution in [0.5, 0.6) is 0 Å². The number of hydrogen-bond acceptors (Lipinski definition) is 1. The Morgan fingerprint density at radius 1 is 1.37 bits per heavy atom. The second-order valence-electron chi connectivity index (χ2n) is 6.22. The molecule has 0 radical (unpaired) electrons. The summed E-state index contributed by atoms with van der Waals surface area (Å²) in [7, 11) is 0. The quantitative estimate of drug-likeness (QED) is 0.762. The van der Waals surface area contributed by atoms with Crippen molar-refractivity contribution in [3.8, 4) is 0 Å². The highest BCUT2D eigenvalue weighted by Crippen LogP contribution is 2.34. The van der Waals surface area contributed by atoms with Gasteiger partial charge in [-0.15, -0.1) is 0 Å². The Morgan fingerprint density at radius 2 is 2.00 bits per heavy atom. The predicted molar refractivity (Wildman–Crippen MR) is 82.6 cm³/mol. The van der Waals surface area contributed by atoms with Gasteiger partial charge in [0, 0.05) is 17.9 Å². The van der Waals surface area contributed by atoms with Crippen LogP contribution in [0.1, 0.15) is 31.4 Å². The normalized spacial score (nSPS) is 22.3. The van der Waals surface area contributed by atoms with Gasteiger partial charge in [-0.1, -0.05) is 59.6 Å². The zero-order chi connectivity index (χ0) is 14.0. The van der Waals surface area contributed by atoms with Crippen molar-refractivity contribution >= 4 is 21.8 Å². The number of halogens is 1. The Morgan fingerprint density at radius 3 is 2.58 bits per heavy atom. The van der Waals surface area contributed by atoms with Gasteiger partial charge in [0.25, 0.3) is 0 Å². The van der Waals surface area contributed by atoms with Gasteiger partial charge >= 0.3 is 0 Å². The SMILES string of the molecule is Cc1ccc(CC(=O)N2CCC(Br)C(C)(C)C2)cc1. The zero-order valence-corrected chi connectivity index (χ0v) is 13.5. The van der Waals surface area contributed by atoms with E-state index in [4.69, 9.17) is 0 Å². The first-order valence-corrected chi connectivity index (χ1v) is 7.77. The molecule has 19 heavy (non-hydrogen) atoms. The molecule has 2 nitrogen and oxygen atoms in total. The minimum absolute atomic E-state index is 0.154. The molecule has 104 valence electrons. The number of alkyl halides is 1. The summed E-state index contributed by atoms with van der Waals surface area (Å²) in [6.07, 6.45) is 1.55. The molecule has 1 aromatic carbocycles. The highest BCUT2D eigenvalue weighted by molar-refractivity contribution is 9.09. The molecule has 0 saturated carbocycles. The standard InChI is InChI=1S/C16H22BrNO/c1-12-4-6-13(7-5-12)10-15(19)18-9-8-14(17)16(2,3)11-18/h4-7,14H,8-11H2,1-3H3. The van der Waals surface area contributed by atoms with Gasteiger partial charge in [-0.3, -0.25) is 4.79 Å². The maximum Gasteiger partial charge on any atom is 0.227 e. The van der Waals surface area contributed by atoms with Gasteiger partial charge in [0.2, 0.25) is 5.91 Å². The number of amides is 1. The fraction of sp³-hybridized carbons (Fsp3) is 0.562. The smallest absolute Gasteiger partial charge is 0.227 e. The van der Waals surface area contributed by atoms with E-state index in [2.05, 4.69) is 61.0 Å². The number of rotatable bonds is 2. The van der Waals surface area contributed by atoms with Crippen molar-refractivity contribution in [1.29, 1.82) is 0 Å². The van der Waals surface area contributed by atoms with Gasteiger partial charge in [0.1, 0.15) is 0 Å². The maximum absolute atomic E-state index is 12.4. The van der Waals surface area contributed by atoms with Crippen LogP contribution in [0.25, 0.3) is 0 Å². The molecule has 1 fully saturated rings. The van der Waals surface area contributed by atoms with Gasteiger partial charge in [0.15, 0.2) is 0 Å². The van der Waals surface area contributed by atoms with Crippen LogP contribution in [0.3, 0.4) is 0 Å². The van der Waals surface area contributed by atoms with Crippen molar-refractivity contribution < 1.29 is 4.79 Å². The number of carbonyl (C=O) groups excluding carboxylic acids is 1. The lowest BCUT2D eigenvalue weighted by Gasteiger charge is -2.42. The fourth-order valence-electron chi connectivity index (χ4n) is 2.54. The molecule has 0 spiro atoms. The van der Waals surface area contributed by atoms with Gasteiger partial charge in [-0.05, 0) is 24.3 Å². The number of likely N-dealkylation sites (tertiary alicyclic amines) is 1. The largest absolute Gasteiger partial charge is 0.342 e. The van der Waals surface area contributed by atoms with E-state index in [0.717, 1.165) is 25.1 Å². The van der Waals surface area contributed by atoms with Gasteiger partial charge in [-0.2, -0.15) is 0 Å². The molecule has 1 saturated heterocycles. The summed E-state index contributed by atoms with van der Waals surface area (Å²) in [5.41, 5.74) is 2.49. The Bertz CT molecular complexity index is 452. The summed E-state index contributed by atoms with van der Waals surface area (Å²) in [6, 6.07) is 8.24. The van der Waals surface area contributed by atoms with Crippen molar-refractivity contribution in [3.63, 3.8) is 0 Å². The molecule has 3 heteroatoms. The van der Waals surface area contributed by atoms with Crippen LogP contribution in [0.4, 0.5) is 0 Å². The third kappa shape index (κ3) is 3.59. The molecule has 1 unspecified atom stereocenters. The summed E-state index contributed by atoms with van der Waals surface area (Å²) >= 11 is 3.72. The first-order valence-electron chi connectivity index (χ1n) is 6.86. The molecule has 1 heterocycles. The molecule has 1 aliphatic rings. The summed E-state index contributed by atoms with van der Waals surface area (Å²) in [4.78, 5) is 14.9. The van der Waals surface area contributed by atoms with Gasteiger partial charge in [-0.25, -0.2) is 0 Å². The van der Waals surface area contributed by atoms with E-state index in [0.29, 0.717) is 11.2 Å². The van der Waals surface area contributed by atoms with Crippen molar-refractivity contribution in [2.24, 2.45) is 5.41 Å². The number of aryl methyl sites for hydroxylation is 1. The van der Waals surface area contributed by atoms with E-state index in [1.807, 2.05) is 4.90 Å². The van der Waals surface area contributed by atoms with Crippen LogP contribution in [-0.2, 0) is 11.2 Å². The molecular weight excluding hydrogens is 302 g/mol. The summed E-state index contributed by atoms with van der Waals surface area (Å²) < 4.78 is 0. The molecule has 1 aliphatic heterocycles. The van der Waals surface area contributed by atoms with Crippen LogP contribution < -0.4 is 0 Å². The number of benzene rings is 1. The predicted octanol–water partition coefficient (Wildman–Crippen LogP) is 3.56. The van der Waals surface area contributed by atoms with Crippen LogP contribution in [0.15, 0.2) is 24.3 Å². The van der Waals surface area contributed by atoms with Crippen LogP contribution >= 0.6 is 15.9 Å². The van der Waals surface area contributed by atoms with E-state index in [1.54, 1.807) is 0 Å². The summed E-state index contributed by atoms with van der Waals surface area (Å²) in [5.74, 6) is 0.247. The number of piperidine rings is 1. The monoisotopic (exact) mass is 323 g/mol. The third-order valence-corrected chi connectivity index (χ3v) is 5.62. The van der Waals surface area contributed by atoms with Crippen molar-refractivity contribution in [3.05, 3.63) is 35.4 Å². The lowest BCUT2D eigenvalue weighted by molar-refractivity contribution is -0.133. The molecule has 0 aromatic heterocycles. The lowest BCUT2D eigenvalue weighted by Crippen LogP contribution is -2.49. The minimum Gasteiger partial charge on any atom is -0.342 e. The topological polar surface area (TPSA) is 20.3 Å². The van der Waals surface area contributed by atoms with Crippen molar-refractivity contribution in [2.45, 2.75) is 38.4 Å². The maximum atomic E-state index is 12.4. The Labute approximate surface area is 124 Å². The Balaban J connectivity index is 1.99. The van der Waals surface area contributed by atoms with E-state index in [9.17, 15) is 4.79 Å². The van der Waals surface area contributed by atoms with Crippen LogP contribution in [-0.4, -0.2) is 28.7 Å². The van der Waals surface area contributed by atoms with Crippen LogP contribution in [0.2, 0.25) is 0 Å². The second-order valence-corrected chi connectivity index (χ2v) is 7.33. The molecule has 1 amide bonds. The van der Waals surface area contributed by atoms with E-state index >= 15 is 0 Å². The average Bonchev–Trinajstić information content (AvgIpc) is 2.35. The molecule has 1 aromatic rings. The first-order chi connectivity index (χ1) is 8.88. The first kappa shape index (κ1) is 14.6. The summed E-state index contributed by atoms with van der Waals surface area (Å²) in [6.45, 7) is 8.21. The molecule has 2 rings (SSSR count). The van der Waals surface area contributed by atoms with Gasteiger partial charge in [0.05, 0.1) is 6.42 Å². The van der Waals surface area contributed by atoms with Crippen molar-refractivity contribution in [1.82, 2.24) is 4.90 Å². The highest BCUT2D eigenvalue weighted by Gasteiger charge is 2.35. The third-order valence-electron chi connectivity index (χ3n) is 3.93. The molecular formula is C16H22BrNO. The molecule has 0 aliphatic carbocycles. The van der Waals surface area contributed by atoms with E-state index in [-0.39, 0.29) is 11.3 Å². The fourth-order valence-corrected chi connectivity index (χ4v) is 2.88. The molecule has 1 atom stereocenters. The molecule has 0 bridgehead atoms. The van der Waals surface area contributed by atoms with Crippen LogP contribution in [0, 0.1) is 12.3 Å². The minimum atomic E-state index is 0.154. The second kappa shape index (κ2) is 5.66. The average molecular weight is 324 g/mol. The zero-order valence-electron chi connectivity index (χ0n) is 11.9. The lowest BCUT2D eigenvalue weighted by atomic mass is 9.84.